The van der Waals surface area contributed by atoms with Crippen LogP contribution >= 0.6 is 11.6 Å². The predicted octanol–water partition coefficient (Wildman–Crippen LogP) is 1.73. The van der Waals surface area contributed by atoms with Gasteiger partial charge in [0.15, 0.2) is 5.69 Å². The van der Waals surface area contributed by atoms with Crippen LogP contribution in [0.25, 0.3) is 11.6 Å². The predicted molar refractivity (Wildman–Crippen MR) is 100 cm³/mol. The topological polar surface area (TPSA) is 123 Å². The van der Waals surface area contributed by atoms with Crippen LogP contribution in [-0.4, -0.2) is 69.6 Å². The molecule has 0 aliphatic carbocycles. The van der Waals surface area contributed by atoms with Gasteiger partial charge in [0.1, 0.15) is 0 Å². The second-order valence-corrected chi connectivity index (χ2v) is 7.23. The van der Waals surface area contributed by atoms with E-state index in [2.05, 4.69) is 32.1 Å². The molecule has 3 N–H and O–H groups in total. The monoisotopic (exact) mass is 396 g/mol. The number of aliphatic hydroxyl groups excluding tert-OH is 1. The number of aromatic nitrogens is 4. The van der Waals surface area contributed by atoms with Crippen molar-refractivity contribution in [1.29, 1.82) is 0 Å². The van der Waals surface area contributed by atoms with Gasteiger partial charge in [-0.2, -0.15) is 0 Å². The van der Waals surface area contributed by atoms with Gasteiger partial charge in [0.05, 0.1) is 23.9 Å². The lowest BCUT2D eigenvalue weighted by atomic mass is 9.97. The fraction of sp³-hybridized carbons (Fsp3) is 0.647. The molecule has 1 unspecified atom stereocenters. The quantitative estimate of drug-likeness (QED) is 0.780. The number of aliphatic hydroxyl groups is 1. The minimum Gasteiger partial charge on any atom is -0.419 e. The van der Waals surface area contributed by atoms with E-state index in [0.29, 0.717) is 29.1 Å². The first kappa shape index (κ1) is 19.9. The highest BCUT2D eigenvalue weighted by atomic mass is 35.5. The number of likely N-dealkylation sites (tertiary alicyclic amines) is 1. The maximum absolute atomic E-state index is 8.78. The number of halogens is 1. The Hall–Kier alpha value is -1.81. The molecule has 0 radical (unpaired) electrons. The molecule has 2 aromatic rings. The molecular formula is C17H25ClN6O3. The Bertz CT molecular complexity index is 729. The summed E-state index contributed by atoms with van der Waals surface area (Å²) < 4.78 is 10.6. The third kappa shape index (κ3) is 5.58. The summed E-state index contributed by atoms with van der Waals surface area (Å²) in [5, 5.41) is 17.3. The lowest BCUT2D eigenvalue weighted by Gasteiger charge is -2.26. The molecule has 4 heterocycles. The van der Waals surface area contributed by atoms with E-state index in [1.807, 2.05) is 0 Å². The first-order chi connectivity index (χ1) is 13.0. The highest BCUT2D eigenvalue weighted by Crippen LogP contribution is 2.30. The molecule has 2 aliphatic heterocycles. The van der Waals surface area contributed by atoms with Gasteiger partial charge < -0.3 is 24.9 Å². The largest absolute Gasteiger partial charge is 0.419 e. The summed E-state index contributed by atoms with van der Waals surface area (Å²) in [6.07, 6.45) is 5.20. The summed E-state index contributed by atoms with van der Waals surface area (Å²) in [5.74, 6) is 1.35. The summed E-state index contributed by atoms with van der Waals surface area (Å²) >= 11 is 6.03. The summed E-state index contributed by atoms with van der Waals surface area (Å²) in [6.45, 7) is 3.43. The van der Waals surface area contributed by atoms with Gasteiger partial charge in [-0.3, -0.25) is 0 Å². The molecule has 0 amide bonds. The van der Waals surface area contributed by atoms with E-state index in [1.165, 1.54) is 6.20 Å². The zero-order valence-electron chi connectivity index (χ0n) is 15.3. The minimum absolute atomic E-state index is 0.128. The van der Waals surface area contributed by atoms with Gasteiger partial charge in [0.2, 0.25) is 11.8 Å². The van der Waals surface area contributed by atoms with E-state index >= 15 is 0 Å². The Morgan fingerprint density at radius 3 is 2.67 bits per heavy atom. The smallest absolute Gasteiger partial charge is 0.268 e. The number of ether oxygens (including phenoxy) is 1. The molecule has 2 aromatic heterocycles. The second-order valence-electron chi connectivity index (χ2n) is 6.82. The molecule has 2 aliphatic rings. The van der Waals surface area contributed by atoms with Gasteiger partial charge in [-0.05, 0) is 45.8 Å². The number of hydrogen-bond acceptors (Lipinski definition) is 9. The second kappa shape index (κ2) is 9.41. The number of nitrogens with two attached hydrogens (primary N) is 1. The molecule has 0 saturated carbocycles. The molecular weight excluding hydrogens is 372 g/mol. The Morgan fingerprint density at radius 2 is 2.04 bits per heavy atom. The summed E-state index contributed by atoms with van der Waals surface area (Å²) in [7, 11) is 2.11. The molecule has 2 saturated heterocycles. The maximum atomic E-state index is 8.78. The van der Waals surface area contributed by atoms with Crippen LogP contribution in [0.1, 0.15) is 37.5 Å². The van der Waals surface area contributed by atoms with Gasteiger partial charge in [-0.15, -0.1) is 10.2 Å². The van der Waals surface area contributed by atoms with Crippen molar-refractivity contribution in [3.63, 3.8) is 0 Å². The standard InChI is InChI=1S/C12H15ClN6O.C5H10O2/c1-19-4-2-7(3-5-19)10-17-18-11(20-10)9-8(13)6-15-12(14)16-9;6-5-2-1-3-7-4-5/h6-7H,2-5H2,1H3,(H2,14,15,16);5-6H,1-4H2. The highest BCUT2D eigenvalue weighted by molar-refractivity contribution is 6.32. The van der Waals surface area contributed by atoms with Crippen molar-refractivity contribution >= 4 is 17.5 Å². The third-order valence-electron chi connectivity index (χ3n) is 4.61. The fourth-order valence-corrected chi connectivity index (χ4v) is 3.18. The zero-order chi connectivity index (χ0) is 19.2. The molecule has 1 atom stereocenters. The maximum Gasteiger partial charge on any atom is 0.268 e. The first-order valence-corrected chi connectivity index (χ1v) is 9.47. The van der Waals surface area contributed by atoms with Gasteiger partial charge in [-0.25, -0.2) is 9.97 Å². The molecule has 0 spiro atoms. The molecule has 2 fully saturated rings. The van der Waals surface area contributed by atoms with Crippen LogP contribution in [-0.2, 0) is 4.74 Å². The van der Waals surface area contributed by atoms with Gasteiger partial charge in [-0.1, -0.05) is 11.6 Å². The summed E-state index contributed by atoms with van der Waals surface area (Å²) in [4.78, 5) is 10.1. The SMILES string of the molecule is CN1CCC(c2nnc(-c3nc(N)ncc3Cl)o2)CC1.OC1CCCOC1. The van der Waals surface area contributed by atoms with E-state index in [1.54, 1.807) is 0 Å². The van der Waals surface area contributed by atoms with Crippen LogP contribution in [0, 0.1) is 0 Å². The van der Waals surface area contributed by atoms with Crippen molar-refractivity contribution in [2.75, 3.05) is 39.1 Å². The molecule has 0 bridgehead atoms. The van der Waals surface area contributed by atoms with Crippen LogP contribution in [0.2, 0.25) is 5.02 Å². The Labute approximate surface area is 162 Å². The molecule has 4 rings (SSSR count). The molecule has 27 heavy (non-hydrogen) atoms. The van der Waals surface area contributed by atoms with Gasteiger partial charge in [0.25, 0.3) is 5.89 Å². The Kier molecular flexibility index (Phi) is 6.95. The molecule has 10 heteroatoms. The normalized spacial score (nSPS) is 21.5. The van der Waals surface area contributed by atoms with E-state index in [0.717, 1.165) is 45.4 Å². The van der Waals surface area contributed by atoms with Crippen molar-refractivity contribution in [1.82, 2.24) is 25.1 Å². The first-order valence-electron chi connectivity index (χ1n) is 9.09. The van der Waals surface area contributed by atoms with Crippen molar-refractivity contribution < 1.29 is 14.3 Å². The van der Waals surface area contributed by atoms with Crippen LogP contribution < -0.4 is 5.73 Å². The number of nitrogen functional groups attached to an aromatic ring is 1. The lowest BCUT2D eigenvalue weighted by molar-refractivity contribution is -0.00535. The lowest BCUT2D eigenvalue weighted by Crippen LogP contribution is -2.29. The molecule has 148 valence electrons. The van der Waals surface area contributed by atoms with Crippen molar-refractivity contribution in [3.05, 3.63) is 17.1 Å². The average molecular weight is 397 g/mol. The van der Waals surface area contributed by atoms with Crippen LogP contribution in [0.4, 0.5) is 5.95 Å². The van der Waals surface area contributed by atoms with Crippen LogP contribution in [0.3, 0.4) is 0 Å². The van der Waals surface area contributed by atoms with Crippen LogP contribution in [0.5, 0.6) is 0 Å². The number of piperidine rings is 1. The number of nitrogens with zero attached hydrogens (tertiary/aromatic N) is 5. The number of rotatable bonds is 2. The fourth-order valence-electron chi connectivity index (χ4n) is 3.01. The van der Waals surface area contributed by atoms with Gasteiger partial charge >= 0.3 is 0 Å². The molecule has 9 nitrogen and oxygen atoms in total. The van der Waals surface area contributed by atoms with E-state index < -0.39 is 0 Å². The Morgan fingerprint density at radius 1 is 1.26 bits per heavy atom. The molecule has 0 aromatic carbocycles. The van der Waals surface area contributed by atoms with E-state index in [-0.39, 0.29) is 17.9 Å². The summed E-state index contributed by atoms with van der Waals surface area (Å²) in [6, 6.07) is 0. The number of hydrogen-bond donors (Lipinski definition) is 2. The van der Waals surface area contributed by atoms with Crippen molar-refractivity contribution in [3.8, 4) is 11.6 Å². The van der Waals surface area contributed by atoms with Crippen molar-refractivity contribution in [2.24, 2.45) is 0 Å². The Balaban J connectivity index is 0.000000253. The third-order valence-corrected chi connectivity index (χ3v) is 4.89. The van der Waals surface area contributed by atoms with Gasteiger partial charge in [0, 0.05) is 12.5 Å². The highest BCUT2D eigenvalue weighted by Gasteiger charge is 2.24. The van der Waals surface area contributed by atoms with E-state index in [4.69, 9.17) is 31.6 Å². The van der Waals surface area contributed by atoms with Crippen LogP contribution in [0.15, 0.2) is 10.6 Å². The average Bonchev–Trinajstić information content (AvgIpc) is 3.15. The summed E-state index contributed by atoms with van der Waals surface area (Å²) in [5.41, 5.74) is 5.93. The number of anilines is 1. The van der Waals surface area contributed by atoms with E-state index in [9.17, 15) is 0 Å². The van der Waals surface area contributed by atoms with Crippen molar-refractivity contribution in [2.45, 2.75) is 37.7 Å². The zero-order valence-corrected chi connectivity index (χ0v) is 16.1. The minimum atomic E-state index is -0.186.